The third kappa shape index (κ3) is 2.69. The zero-order valence-corrected chi connectivity index (χ0v) is 10.2. The van der Waals surface area contributed by atoms with Crippen LogP contribution in [-0.4, -0.2) is 21.8 Å². The van der Waals surface area contributed by atoms with Crippen molar-refractivity contribution >= 4 is 28.6 Å². The molecule has 2 heterocycles. The molecular weight excluding hydrogens is 246 g/mol. The average Bonchev–Trinajstić information content (AvgIpc) is 2.84. The molecule has 3 N–H and O–H groups in total. The van der Waals surface area contributed by atoms with E-state index in [1.807, 2.05) is 18.4 Å². The van der Waals surface area contributed by atoms with Crippen molar-refractivity contribution in [1.29, 1.82) is 0 Å². The Morgan fingerprint density at radius 1 is 1.75 bits per heavy atom. The molecule has 0 amide bonds. The summed E-state index contributed by atoms with van der Waals surface area (Å²) in [7, 11) is 0. The molecule has 86 valence electrons. The fraction of sp³-hybridized carbons (Fsp3) is 0.333. The number of aryl methyl sites for hydroxylation is 1. The van der Waals surface area contributed by atoms with Crippen LogP contribution < -0.4 is 5.32 Å². The topological polar surface area (TPSA) is 74.1 Å². The van der Waals surface area contributed by atoms with Gasteiger partial charge in [0.05, 0.1) is 11.5 Å². The second-order valence-corrected chi connectivity index (χ2v) is 4.62. The van der Waals surface area contributed by atoms with Crippen LogP contribution in [0.25, 0.3) is 0 Å². The summed E-state index contributed by atoms with van der Waals surface area (Å²) < 4.78 is 5.00. The van der Waals surface area contributed by atoms with E-state index in [1.165, 1.54) is 5.56 Å². The number of anilines is 1. The van der Waals surface area contributed by atoms with Gasteiger partial charge in [-0.1, -0.05) is 0 Å². The maximum absolute atomic E-state index is 9.72. The van der Waals surface area contributed by atoms with Crippen molar-refractivity contribution in [1.82, 2.24) is 10.2 Å². The van der Waals surface area contributed by atoms with Crippen LogP contribution in [0.5, 0.6) is 0 Å². The van der Waals surface area contributed by atoms with E-state index in [0.29, 0.717) is 6.54 Å². The lowest BCUT2D eigenvalue weighted by atomic mass is 10.3. The number of nitrogens with zero attached hydrogens (tertiary/aromatic N) is 1. The normalized spacial score (nSPS) is 12.6. The SMILES string of the molecule is Cc1csc(NCC(O)c2n[nH]c(=S)o2)c1. The third-order valence-electron chi connectivity index (χ3n) is 1.94. The fourth-order valence-electron chi connectivity index (χ4n) is 1.19. The lowest BCUT2D eigenvalue weighted by Crippen LogP contribution is -2.11. The molecule has 0 saturated carbocycles. The molecule has 0 fully saturated rings. The van der Waals surface area contributed by atoms with E-state index in [1.54, 1.807) is 11.3 Å². The summed E-state index contributed by atoms with van der Waals surface area (Å²) in [6.45, 7) is 2.35. The molecule has 0 saturated heterocycles. The highest BCUT2D eigenvalue weighted by Crippen LogP contribution is 2.20. The van der Waals surface area contributed by atoms with Crippen LogP contribution in [-0.2, 0) is 0 Å². The number of hydrogen-bond acceptors (Lipinski definition) is 6. The van der Waals surface area contributed by atoms with Gasteiger partial charge in [0.2, 0.25) is 5.89 Å². The molecule has 0 bridgehead atoms. The van der Waals surface area contributed by atoms with Crippen molar-refractivity contribution in [3.8, 4) is 0 Å². The first-order valence-corrected chi connectivity index (χ1v) is 5.96. The van der Waals surface area contributed by atoms with E-state index in [-0.39, 0.29) is 10.7 Å². The maximum atomic E-state index is 9.72. The molecule has 0 aliphatic heterocycles. The van der Waals surface area contributed by atoms with E-state index in [9.17, 15) is 5.11 Å². The van der Waals surface area contributed by atoms with E-state index in [0.717, 1.165) is 5.00 Å². The summed E-state index contributed by atoms with van der Waals surface area (Å²) in [5.74, 6) is 0.200. The number of aromatic nitrogens is 2. The lowest BCUT2D eigenvalue weighted by molar-refractivity contribution is 0.155. The number of hydrogen-bond donors (Lipinski definition) is 3. The molecule has 2 rings (SSSR count). The summed E-state index contributed by atoms with van der Waals surface area (Å²) in [5.41, 5.74) is 1.19. The van der Waals surface area contributed by atoms with Crippen LogP contribution in [0.1, 0.15) is 17.6 Å². The van der Waals surface area contributed by atoms with Crippen LogP contribution in [0.3, 0.4) is 0 Å². The molecule has 0 spiro atoms. The van der Waals surface area contributed by atoms with Crippen molar-refractivity contribution < 1.29 is 9.52 Å². The highest BCUT2D eigenvalue weighted by atomic mass is 32.1. The van der Waals surface area contributed by atoms with Crippen molar-refractivity contribution in [3.05, 3.63) is 27.7 Å². The van der Waals surface area contributed by atoms with Gasteiger partial charge in [-0.25, -0.2) is 5.10 Å². The van der Waals surface area contributed by atoms with Gasteiger partial charge in [0.25, 0.3) is 4.84 Å². The first-order valence-electron chi connectivity index (χ1n) is 4.67. The number of H-pyrrole nitrogens is 1. The molecule has 0 aromatic carbocycles. The van der Waals surface area contributed by atoms with Crippen LogP contribution in [0.15, 0.2) is 15.9 Å². The van der Waals surface area contributed by atoms with Gasteiger partial charge in [-0.3, -0.25) is 0 Å². The average molecular weight is 257 g/mol. The zero-order chi connectivity index (χ0) is 11.5. The predicted molar refractivity (Wildman–Crippen MR) is 64.2 cm³/mol. The number of rotatable bonds is 4. The Morgan fingerprint density at radius 2 is 2.56 bits per heavy atom. The minimum absolute atomic E-state index is 0.168. The van der Waals surface area contributed by atoms with E-state index in [2.05, 4.69) is 15.5 Å². The van der Waals surface area contributed by atoms with Crippen molar-refractivity contribution in [2.45, 2.75) is 13.0 Å². The Balaban J connectivity index is 1.93. The number of nitrogens with one attached hydrogen (secondary N) is 2. The third-order valence-corrected chi connectivity index (χ3v) is 3.12. The Kier molecular flexibility index (Phi) is 3.37. The van der Waals surface area contributed by atoms with Gasteiger partial charge in [-0.05, 0) is 36.2 Å². The Bertz CT molecular complexity index is 517. The molecule has 0 radical (unpaired) electrons. The van der Waals surface area contributed by atoms with Crippen LogP contribution in [0, 0.1) is 11.8 Å². The first kappa shape index (κ1) is 11.3. The first-order chi connectivity index (χ1) is 7.65. The molecule has 0 aliphatic carbocycles. The van der Waals surface area contributed by atoms with E-state index >= 15 is 0 Å². The van der Waals surface area contributed by atoms with Crippen molar-refractivity contribution in [2.24, 2.45) is 0 Å². The van der Waals surface area contributed by atoms with Crippen molar-refractivity contribution in [2.75, 3.05) is 11.9 Å². The second kappa shape index (κ2) is 4.77. The van der Waals surface area contributed by atoms with E-state index < -0.39 is 6.10 Å². The van der Waals surface area contributed by atoms with Crippen molar-refractivity contribution in [3.63, 3.8) is 0 Å². The highest BCUT2D eigenvalue weighted by molar-refractivity contribution is 7.71. The lowest BCUT2D eigenvalue weighted by Gasteiger charge is -2.06. The van der Waals surface area contributed by atoms with Crippen LogP contribution in [0.4, 0.5) is 5.00 Å². The number of aliphatic hydroxyl groups excluding tert-OH is 1. The van der Waals surface area contributed by atoms with Gasteiger partial charge in [-0.15, -0.1) is 16.4 Å². The predicted octanol–water partition coefficient (Wildman–Crippen LogP) is 2.25. The van der Waals surface area contributed by atoms with Gasteiger partial charge < -0.3 is 14.8 Å². The largest absolute Gasteiger partial charge is 0.411 e. The molecule has 2 aromatic rings. The van der Waals surface area contributed by atoms with Gasteiger partial charge in [0.1, 0.15) is 6.10 Å². The molecule has 1 atom stereocenters. The molecular formula is C9H11N3O2S2. The molecule has 2 aromatic heterocycles. The van der Waals surface area contributed by atoms with Crippen LogP contribution >= 0.6 is 23.6 Å². The minimum Gasteiger partial charge on any atom is -0.411 e. The minimum atomic E-state index is -0.810. The molecule has 1 unspecified atom stereocenters. The zero-order valence-electron chi connectivity index (χ0n) is 8.56. The number of thiophene rings is 1. The molecule has 16 heavy (non-hydrogen) atoms. The monoisotopic (exact) mass is 257 g/mol. The Labute approximate surface area is 101 Å². The maximum Gasteiger partial charge on any atom is 0.284 e. The Morgan fingerprint density at radius 3 is 3.12 bits per heavy atom. The summed E-state index contributed by atoms with van der Waals surface area (Å²) in [4.78, 5) is 0.168. The smallest absolute Gasteiger partial charge is 0.284 e. The van der Waals surface area contributed by atoms with Gasteiger partial charge in [0.15, 0.2) is 0 Å². The summed E-state index contributed by atoms with van der Waals surface area (Å²) in [6.07, 6.45) is -0.810. The molecule has 0 aliphatic rings. The highest BCUT2D eigenvalue weighted by Gasteiger charge is 2.13. The molecule has 7 heteroatoms. The quantitative estimate of drug-likeness (QED) is 0.733. The van der Waals surface area contributed by atoms with Gasteiger partial charge in [-0.2, -0.15) is 0 Å². The van der Waals surface area contributed by atoms with Gasteiger partial charge >= 0.3 is 0 Å². The Hall–Kier alpha value is -1.18. The molecule has 5 nitrogen and oxygen atoms in total. The van der Waals surface area contributed by atoms with E-state index in [4.69, 9.17) is 16.6 Å². The summed E-state index contributed by atoms with van der Waals surface area (Å²) in [6, 6.07) is 2.01. The van der Waals surface area contributed by atoms with Gasteiger partial charge in [0, 0.05) is 0 Å². The fourth-order valence-corrected chi connectivity index (χ4v) is 2.12. The standard InChI is InChI=1S/C9H11N3O2S2/c1-5-2-7(16-4-5)10-3-6(13)8-11-12-9(15)14-8/h2,4,6,10,13H,3H2,1H3,(H,12,15). The number of aromatic amines is 1. The summed E-state index contributed by atoms with van der Waals surface area (Å²) in [5, 5.41) is 22.1. The second-order valence-electron chi connectivity index (χ2n) is 3.34. The van der Waals surface area contributed by atoms with Crippen LogP contribution in [0.2, 0.25) is 0 Å². The summed E-state index contributed by atoms with van der Waals surface area (Å²) >= 11 is 6.31. The number of aliphatic hydroxyl groups is 1.